The fourth-order valence-corrected chi connectivity index (χ4v) is 2.99. The fraction of sp³-hybridized carbons (Fsp3) is 0.333. The van der Waals surface area contributed by atoms with E-state index in [1.54, 1.807) is 19.1 Å². The second kappa shape index (κ2) is 6.69. The maximum atomic E-state index is 12.1. The third-order valence-electron chi connectivity index (χ3n) is 4.17. The number of carbonyl (C=O) groups is 1. The molecular weight excluding hydrogens is 290 g/mol. The standard InChI is InChI=1S/C18H21N3O2/c1-13-8-9-15(18(23)20-13)17(22)19-10-12-21-11-4-6-14-5-2-3-7-16(14)21/h2-3,5,7-9H,4,6,10-12H2,1H3,(H,19,22)(H,20,23). The van der Waals surface area contributed by atoms with Gasteiger partial charge in [-0.3, -0.25) is 9.59 Å². The number of rotatable bonds is 4. The molecule has 0 bridgehead atoms. The first-order chi connectivity index (χ1) is 11.1. The summed E-state index contributed by atoms with van der Waals surface area (Å²) in [6, 6.07) is 11.7. The molecule has 1 aliphatic rings. The minimum atomic E-state index is -0.342. The molecule has 2 heterocycles. The first-order valence-electron chi connectivity index (χ1n) is 7.96. The Labute approximate surface area is 135 Å². The molecule has 0 saturated carbocycles. The Morgan fingerprint density at radius 3 is 2.91 bits per heavy atom. The summed E-state index contributed by atoms with van der Waals surface area (Å²) in [5.74, 6) is -0.323. The summed E-state index contributed by atoms with van der Waals surface area (Å²) >= 11 is 0. The van der Waals surface area contributed by atoms with Crippen LogP contribution in [0.4, 0.5) is 5.69 Å². The van der Waals surface area contributed by atoms with Gasteiger partial charge in [-0.25, -0.2) is 0 Å². The first-order valence-corrected chi connectivity index (χ1v) is 7.96. The van der Waals surface area contributed by atoms with E-state index in [4.69, 9.17) is 0 Å². The van der Waals surface area contributed by atoms with Crippen LogP contribution in [0.5, 0.6) is 0 Å². The normalized spacial score (nSPS) is 13.5. The summed E-state index contributed by atoms with van der Waals surface area (Å²) < 4.78 is 0. The molecule has 1 aromatic heterocycles. The third-order valence-corrected chi connectivity index (χ3v) is 4.17. The van der Waals surface area contributed by atoms with Gasteiger partial charge < -0.3 is 15.2 Å². The smallest absolute Gasteiger partial charge is 0.260 e. The number of hydrogen-bond acceptors (Lipinski definition) is 3. The fourth-order valence-electron chi connectivity index (χ4n) is 2.99. The topological polar surface area (TPSA) is 65.2 Å². The van der Waals surface area contributed by atoms with Crippen LogP contribution in [0.15, 0.2) is 41.2 Å². The highest BCUT2D eigenvalue weighted by atomic mass is 16.2. The zero-order chi connectivity index (χ0) is 16.2. The predicted octanol–water partition coefficient (Wildman–Crippen LogP) is 1.87. The molecule has 3 rings (SSSR count). The van der Waals surface area contributed by atoms with Gasteiger partial charge in [0, 0.05) is 31.0 Å². The number of anilines is 1. The molecule has 0 atom stereocenters. The van der Waals surface area contributed by atoms with Crippen molar-refractivity contribution in [1.29, 1.82) is 0 Å². The van der Waals surface area contributed by atoms with Crippen molar-refractivity contribution in [2.24, 2.45) is 0 Å². The van der Waals surface area contributed by atoms with Crippen LogP contribution < -0.4 is 15.8 Å². The molecule has 1 aliphatic heterocycles. The number of amides is 1. The van der Waals surface area contributed by atoms with Crippen LogP contribution in [0, 0.1) is 6.92 Å². The number of H-pyrrole nitrogens is 1. The van der Waals surface area contributed by atoms with Gasteiger partial charge in [0.05, 0.1) is 0 Å². The van der Waals surface area contributed by atoms with Crippen molar-refractivity contribution >= 4 is 11.6 Å². The van der Waals surface area contributed by atoms with Gasteiger partial charge in [0.1, 0.15) is 5.56 Å². The van der Waals surface area contributed by atoms with Gasteiger partial charge in [0.15, 0.2) is 0 Å². The molecule has 5 heteroatoms. The molecule has 5 nitrogen and oxygen atoms in total. The van der Waals surface area contributed by atoms with Gasteiger partial charge in [-0.05, 0) is 43.5 Å². The molecule has 120 valence electrons. The molecule has 0 fully saturated rings. The number of nitrogens with zero attached hydrogens (tertiary/aromatic N) is 1. The number of hydrogen-bond donors (Lipinski definition) is 2. The number of benzene rings is 1. The molecule has 0 spiro atoms. The average Bonchev–Trinajstić information content (AvgIpc) is 2.55. The molecule has 1 aromatic carbocycles. The molecule has 2 aromatic rings. The van der Waals surface area contributed by atoms with Crippen molar-refractivity contribution in [3.8, 4) is 0 Å². The summed E-state index contributed by atoms with van der Waals surface area (Å²) in [5, 5.41) is 2.84. The van der Waals surface area contributed by atoms with E-state index in [-0.39, 0.29) is 17.0 Å². The van der Waals surface area contributed by atoms with Crippen LogP contribution in [0.2, 0.25) is 0 Å². The van der Waals surface area contributed by atoms with E-state index in [2.05, 4.69) is 33.4 Å². The van der Waals surface area contributed by atoms with Crippen molar-refractivity contribution < 1.29 is 4.79 Å². The summed E-state index contributed by atoms with van der Waals surface area (Å²) in [5.41, 5.74) is 3.18. The summed E-state index contributed by atoms with van der Waals surface area (Å²) in [4.78, 5) is 28.8. The molecule has 0 radical (unpaired) electrons. The van der Waals surface area contributed by atoms with E-state index < -0.39 is 0 Å². The number of carbonyl (C=O) groups excluding carboxylic acids is 1. The molecule has 0 aliphatic carbocycles. The predicted molar refractivity (Wildman–Crippen MR) is 91.1 cm³/mol. The summed E-state index contributed by atoms with van der Waals surface area (Å²) in [6.07, 6.45) is 2.24. The number of aromatic nitrogens is 1. The van der Waals surface area contributed by atoms with E-state index in [1.807, 2.05) is 6.07 Å². The third kappa shape index (κ3) is 3.44. The van der Waals surface area contributed by atoms with Crippen molar-refractivity contribution in [1.82, 2.24) is 10.3 Å². The van der Waals surface area contributed by atoms with Crippen LogP contribution >= 0.6 is 0 Å². The van der Waals surface area contributed by atoms with Crippen molar-refractivity contribution in [2.45, 2.75) is 19.8 Å². The minimum absolute atomic E-state index is 0.162. The molecule has 0 saturated heterocycles. The van der Waals surface area contributed by atoms with Crippen LogP contribution in [0.3, 0.4) is 0 Å². The van der Waals surface area contributed by atoms with E-state index in [0.29, 0.717) is 6.54 Å². The number of pyridine rings is 1. The number of nitrogens with one attached hydrogen (secondary N) is 2. The Morgan fingerprint density at radius 1 is 1.26 bits per heavy atom. The van der Waals surface area contributed by atoms with E-state index in [9.17, 15) is 9.59 Å². The quantitative estimate of drug-likeness (QED) is 0.906. The second-order valence-corrected chi connectivity index (χ2v) is 5.86. The van der Waals surface area contributed by atoms with Crippen molar-refractivity contribution in [3.05, 3.63) is 63.6 Å². The zero-order valence-electron chi connectivity index (χ0n) is 13.3. The summed E-state index contributed by atoms with van der Waals surface area (Å²) in [6.45, 7) is 4.04. The number of aryl methyl sites for hydroxylation is 2. The summed E-state index contributed by atoms with van der Waals surface area (Å²) in [7, 11) is 0. The highest BCUT2D eigenvalue weighted by Crippen LogP contribution is 2.25. The Hall–Kier alpha value is -2.56. The van der Waals surface area contributed by atoms with Crippen LogP contribution in [-0.2, 0) is 6.42 Å². The molecule has 23 heavy (non-hydrogen) atoms. The Kier molecular flexibility index (Phi) is 4.46. The lowest BCUT2D eigenvalue weighted by Gasteiger charge is -2.31. The van der Waals surface area contributed by atoms with Gasteiger partial charge >= 0.3 is 0 Å². The molecule has 0 unspecified atom stereocenters. The Bertz CT molecular complexity index is 767. The maximum absolute atomic E-state index is 12.1. The lowest BCUT2D eigenvalue weighted by molar-refractivity contribution is 0.0953. The van der Waals surface area contributed by atoms with Gasteiger partial charge in [0.2, 0.25) is 0 Å². The molecule has 2 N–H and O–H groups in total. The van der Waals surface area contributed by atoms with E-state index >= 15 is 0 Å². The second-order valence-electron chi connectivity index (χ2n) is 5.86. The van der Waals surface area contributed by atoms with Crippen molar-refractivity contribution in [3.63, 3.8) is 0 Å². The van der Waals surface area contributed by atoms with Gasteiger partial charge in [-0.15, -0.1) is 0 Å². The van der Waals surface area contributed by atoms with Crippen LogP contribution in [0.25, 0.3) is 0 Å². The van der Waals surface area contributed by atoms with Gasteiger partial charge in [-0.1, -0.05) is 18.2 Å². The highest BCUT2D eigenvalue weighted by molar-refractivity contribution is 5.93. The van der Waals surface area contributed by atoms with E-state index in [0.717, 1.165) is 31.6 Å². The maximum Gasteiger partial charge on any atom is 0.260 e. The lowest BCUT2D eigenvalue weighted by atomic mass is 10.0. The number of aromatic amines is 1. The van der Waals surface area contributed by atoms with Crippen LogP contribution in [-0.4, -0.2) is 30.5 Å². The molecule has 1 amide bonds. The largest absolute Gasteiger partial charge is 0.370 e. The zero-order valence-corrected chi connectivity index (χ0v) is 13.3. The van der Waals surface area contributed by atoms with Crippen molar-refractivity contribution in [2.75, 3.05) is 24.5 Å². The monoisotopic (exact) mass is 311 g/mol. The number of fused-ring (bicyclic) bond motifs is 1. The van der Waals surface area contributed by atoms with Gasteiger partial charge in [0.25, 0.3) is 11.5 Å². The highest BCUT2D eigenvalue weighted by Gasteiger charge is 2.16. The molecular formula is C18H21N3O2. The van der Waals surface area contributed by atoms with Gasteiger partial charge in [-0.2, -0.15) is 0 Å². The van der Waals surface area contributed by atoms with E-state index in [1.165, 1.54) is 11.3 Å². The number of para-hydroxylation sites is 1. The average molecular weight is 311 g/mol. The first kappa shape index (κ1) is 15.3. The SMILES string of the molecule is Cc1ccc(C(=O)NCCN2CCCc3ccccc32)c(=O)[nH]1. The Morgan fingerprint density at radius 2 is 2.09 bits per heavy atom. The Balaban J connectivity index is 1.60. The van der Waals surface area contributed by atoms with Crippen LogP contribution in [0.1, 0.15) is 28.0 Å². The lowest BCUT2D eigenvalue weighted by Crippen LogP contribution is -2.38. The minimum Gasteiger partial charge on any atom is -0.370 e.